The number of imidazole rings is 1. The third kappa shape index (κ3) is 2.89. The van der Waals surface area contributed by atoms with E-state index in [1.165, 1.54) is 16.1 Å². The zero-order valence-corrected chi connectivity index (χ0v) is 14.5. The first kappa shape index (κ1) is 16.5. The highest BCUT2D eigenvalue weighted by Gasteiger charge is 2.21. The van der Waals surface area contributed by atoms with Gasteiger partial charge in [0.2, 0.25) is 0 Å². The Bertz CT molecular complexity index is 953. The molecule has 0 saturated carbocycles. The molecule has 9 nitrogen and oxygen atoms in total. The van der Waals surface area contributed by atoms with Gasteiger partial charge in [0, 0.05) is 25.6 Å². The number of H-pyrrole nitrogens is 1. The van der Waals surface area contributed by atoms with Crippen molar-refractivity contribution in [2.75, 3.05) is 13.7 Å². The topological polar surface area (TPSA) is 108 Å². The quantitative estimate of drug-likeness (QED) is 0.701. The zero-order chi connectivity index (χ0) is 17.3. The van der Waals surface area contributed by atoms with Crippen molar-refractivity contribution in [2.24, 2.45) is 5.92 Å². The van der Waals surface area contributed by atoms with Crippen LogP contribution in [0, 0.1) is 5.92 Å². The van der Waals surface area contributed by atoms with Gasteiger partial charge >= 0.3 is 5.69 Å². The van der Waals surface area contributed by atoms with E-state index < -0.39 is 11.2 Å². The van der Waals surface area contributed by atoms with Gasteiger partial charge in [-0.2, -0.15) is 0 Å². The molecular formula is C14H18N6O3S. The molecule has 0 aromatic carbocycles. The monoisotopic (exact) mass is 350 g/mol. The van der Waals surface area contributed by atoms with Crippen molar-refractivity contribution in [3.05, 3.63) is 26.2 Å². The summed E-state index contributed by atoms with van der Waals surface area (Å²) in [6, 6.07) is 0. The molecule has 3 aromatic rings. The summed E-state index contributed by atoms with van der Waals surface area (Å²) in [5.41, 5.74) is 0.343. The van der Waals surface area contributed by atoms with E-state index in [1.807, 2.05) is 13.8 Å². The molecule has 0 bridgehead atoms. The second kappa shape index (κ2) is 6.65. The van der Waals surface area contributed by atoms with Gasteiger partial charge in [-0.15, -0.1) is 5.10 Å². The van der Waals surface area contributed by atoms with E-state index in [0.29, 0.717) is 42.4 Å². The molecule has 0 fully saturated rings. The fourth-order valence-electron chi connectivity index (χ4n) is 2.56. The Morgan fingerprint density at radius 3 is 2.75 bits per heavy atom. The minimum absolute atomic E-state index is 0.227. The SMILES string of the molecule is COCCn1c(-c2csnn2)nc2c1c(=O)[nH]c(=O)n2CC(C)C. The summed E-state index contributed by atoms with van der Waals surface area (Å²) in [6.45, 7) is 5.27. The second-order valence-corrected chi connectivity index (χ2v) is 6.42. The minimum Gasteiger partial charge on any atom is -0.383 e. The van der Waals surface area contributed by atoms with E-state index in [0.717, 1.165) is 0 Å². The zero-order valence-electron chi connectivity index (χ0n) is 13.6. The van der Waals surface area contributed by atoms with Crippen LogP contribution < -0.4 is 11.2 Å². The van der Waals surface area contributed by atoms with Crippen LogP contribution in [0.25, 0.3) is 22.7 Å². The van der Waals surface area contributed by atoms with E-state index in [2.05, 4.69) is 19.6 Å². The molecule has 0 spiro atoms. The largest absolute Gasteiger partial charge is 0.383 e. The van der Waals surface area contributed by atoms with Crippen molar-refractivity contribution in [2.45, 2.75) is 26.9 Å². The van der Waals surface area contributed by atoms with Crippen molar-refractivity contribution in [3.63, 3.8) is 0 Å². The summed E-state index contributed by atoms with van der Waals surface area (Å²) in [5, 5.41) is 5.79. The number of hydrogen-bond donors (Lipinski definition) is 1. The Morgan fingerprint density at radius 2 is 2.12 bits per heavy atom. The Kier molecular flexibility index (Phi) is 4.58. The number of aromatic nitrogens is 6. The van der Waals surface area contributed by atoms with Crippen LogP contribution in [-0.2, 0) is 17.8 Å². The third-order valence-corrected chi connectivity index (χ3v) is 4.05. The first-order valence-electron chi connectivity index (χ1n) is 7.52. The Balaban J connectivity index is 2.33. The van der Waals surface area contributed by atoms with Crippen molar-refractivity contribution in [3.8, 4) is 11.5 Å². The maximum Gasteiger partial charge on any atom is 0.330 e. The summed E-state index contributed by atoms with van der Waals surface area (Å²) in [4.78, 5) is 31.5. The molecular weight excluding hydrogens is 332 g/mol. The summed E-state index contributed by atoms with van der Waals surface area (Å²) in [6.07, 6.45) is 0. The van der Waals surface area contributed by atoms with Gasteiger partial charge in [0.15, 0.2) is 17.0 Å². The normalized spacial score (nSPS) is 11.7. The highest BCUT2D eigenvalue weighted by Crippen LogP contribution is 2.21. The van der Waals surface area contributed by atoms with Crippen LogP contribution in [0.2, 0.25) is 0 Å². The number of ether oxygens (including phenoxy) is 1. The molecule has 3 aromatic heterocycles. The van der Waals surface area contributed by atoms with Gasteiger partial charge in [-0.05, 0) is 17.5 Å². The number of hydrogen-bond acceptors (Lipinski definition) is 7. The maximum atomic E-state index is 12.4. The summed E-state index contributed by atoms with van der Waals surface area (Å²) < 4.78 is 12.2. The van der Waals surface area contributed by atoms with Crippen molar-refractivity contribution in [1.82, 2.24) is 28.7 Å². The van der Waals surface area contributed by atoms with E-state index in [1.54, 1.807) is 17.1 Å². The molecule has 0 unspecified atom stereocenters. The highest BCUT2D eigenvalue weighted by molar-refractivity contribution is 7.03. The molecule has 0 aliphatic carbocycles. The fraction of sp³-hybridized carbons (Fsp3) is 0.500. The standard InChI is InChI=1S/C14H18N6O3S/c1-8(2)6-20-12-10(13(21)16-14(20)22)19(4-5-23-3)11(15-12)9-7-24-18-17-9/h7-8H,4-6H2,1-3H3,(H,16,21,22). The second-order valence-electron chi connectivity index (χ2n) is 5.81. The van der Waals surface area contributed by atoms with E-state index >= 15 is 0 Å². The Labute approximate surface area is 141 Å². The lowest BCUT2D eigenvalue weighted by atomic mass is 10.2. The minimum atomic E-state index is -0.465. The van der Waals surface area contributed by atoms with Crippen LogP contribution in [0.4, 0.5) is 0 Å². The molecule has 1 N–H and O–H groups in total. The first-order chi connectivity index (χ1) is 11.5. The van der Waals surface area contributed by atoms with Gasteiger partial charge in [0.1, 0.15) is 5.69 Å². The van der Waals surface area contributed by atoms with Crippen LogP contribution in [0.3, 0.4) is 0 Å². The predicted molar refractivity (Wildman–Crippen MR) is 90.2 cm³/mol. The molecule has 0 amide bonds. The van der Waals surface area contributed by atoms with Gasteiger partial charge < -0.3 is 9.30 Å². The van der Waals surface area contributed by atoms with Crippen molar-refractivity contribution in [1.29, 1.82) is 0 Å². The summed E-state index contributed by atoms with van der Waals surface area (Å²) >= 11 is 1.20. The lowest BCUT2D eigenvalue weighted by Gasteiger charge is -2.09. The lowest BCUT2D eigenvalue weighted by Crippen LogP contribution is -2.32. The van der Waals surface area contributed by atoms with E-state index in [4.69, 9.17) is 4.74 Å². The average Bonchev–Trinajstić information content (AvgIpc) is 3.16. The van der Waals surface area contributed by atoms with Gasteiger partial charge in [-0.1, -0.05) is 18.3 Å². The highest BCUT2D eigenvalue weighted by atomic mass is 32.1. The van der Waals surface area contributed by atoms with Crippen molar-refractivity contribution < 1.29 is 4.74 Å². The lowest BCUT2D eigenvalue weighted by molar-refractivity contribution is 0.188. The first-order valence-corrected chi connectivity index (χ1v) is 8.36. The molecule has 3 heterocycles. The summed E-state index contributed by atoms with van der Waals surface area (Å²) in [5.74, 6) is 0.731. The average molecular weight is 350 g/mol. The van der Waals surface area contributed by atoms with Crippen LogP contribution in [0.15, 0.2) is 15.0 Å². The predicted octanol–water partition coefficient (Wildman–Crippen LogP) is 0.707. The van der Waals surface area contributed by atoms with Gasteiger partial charge in [0.05, 0.1) is 6.61 Å². The number of aromatic amines is 1. The molecule has 24 heavy (non-hydrogen) atoms. The number of rotatable bonds is 6. The molecule has 0 saturated heterocycles. The van der Waals surface area contributed by atoms with Crippen LogP contribution >= 0.6 is 11.5 Å². The molecule has 0 aliphatic rings. The van der Waals surface area contributed by atoms with Gasteiger partial charge in [-0.3, -0.25) is 14.3 Å². The van der Waals surface area contributed by atoms with Crippen LogP contribution in [0.1, 0.15) is 13.8 Å². The van der Waals surface area contributed by atoms with Crippen LogP contribution in [0.5, 0.6) is 0 Å². The number of methoxy groups -OCH3 is 1. The number of nitrogens with zero attached hydrogens (tertiary/aromatic N) is 5. The molecule has 0 aliphatic heterocycles. The maximum absolute atomic E-state index is 12.4. The molecule has 0 atom stereocenters. The Morgan fingerprint density at radius 1 is 1.33 bits per heavy atom. The Hall–Kier alpha value is -2.33. The molecule has 10 heteroatoms. The van der Waals surface area contributed by atoms with Crippen LogP contribution in [-0.4, -0.2) is 42.4 Å². The summed E-state index contributed by atoms with van der Waals surface area (Å²) in [7, 11) is 1.59. The molecule has 128 valence electrons. The number of nitrogens with one attached hydrogen (secondary N) is 1. The smallest absolute Gasteiger partial charge is 0.330 e. The van der Waals surface area contributed by atoms with Gasteiger partial charge in [0.25, 0.3) is 5.56 Å². The number of fused-ring (bicyclic) bond motifs is 1. The molecule has 0 radical (unpaired) electrons. The van der Waals surface area contributed by atoms with Crippen molar-refractivity contribution >= 4 is 22.7 Å². The fourth-order valence-corrected chi connectivity index (χ4v) is 3.00. The third-order valence-electron chi connectivity index (χ3n) is 3.54. The van der Waals surface area contributed by atoms with E-state index in [-0.39, 0.29) is 5.92 Å². The van der Waals surface area contributed by atoms with E-state index in [9.17, 15) is 9.59 Å². The van der Waals surface area contributed by atoms with Gasteiger partial charge in [-0.25, -0.2) is 9.78 Å². The molecule has 3 rings (SSSR count).